The number of nitrogens with zero attached hydrogens (tertiary/aromatic N) is 1. The summed E-state index contributed by atoms with van der Waals surface area (Å²) >= 11 is 0. The molecule has 1 aromatic rings. The molecule has 0 radical (unpaired) electrons. The van der Waals surface area contributed by atoms with Gasteiger partial charge in [-0.15, -0.1) is 0 Å². The SMILES string of the molecule is COc1ccc([C@]23C[C@@H]4C[C@H](C2)[C@@H](N(C/C=C/CN)C(=O)O)[C@@H](C4)C3)cc1. The van der Waals surface area contributed by atoms with Crippen LogP contribution in [0.25, 0.3) is 0 Å². The molecule has 0 aromatic heterocycles. The molecule has 146 valence electrons. The van der Waals surface area contributed by atoms with Gasteiger partial charge in [-0.2, -0.15) is 0 Å². The van der Waals surface area contributed by atoms with Crippen molar-refractivity contribution in [2.75, 3.05) is 20.2 Å². The average Bonchev–Trinajstić information content (AvgIpc) is 2.66. The predicted molar refractivity (Wildman–Crippen MR) is 105 cm³/mol. The van der Waals surface area contributed by atoms with Gasteiger partial charge < -0.3 is 20.5 Å². The first-order valence-corrected chi connectivity index (χ1v) is 10.1. The lowest BCUT2D eigenvalue weighted by Gasteiger charge is -2.61. The van der Waals surface area contributed by atoms with Gasteiger partial charge in [-0.05, 0) is 73.0 Å². The van der Waals surface area contributed by atoms with E-state index in [9.17, 15) is 9.90 Å². The molecule has 1 aromatic carbocycles. The van der Waals surface area contributed by atoms with E-state index in [4.69, 9.17) is 10.5 Å². The van der Waals surface area contributed by atoms with Gasteiger partial charge in [-0.1, -0.05) is 24.3 Å². The van der Waals surface area contributed by atoms with Gasteiger partial charge in [-0.25, -0.2) is 4.79 Å². The van der Waals surface area contributed by atoms with Crippen LogP contribution in [0.2, 0.25) is 0 Å². The van der Waals surface area contributed by atoms with Crippen molar-refractivity contribution in [3.05, 3.63) is 42.0 Å². The quantitative estimate of drug-likeness (QED) is 0.750. The van der Waals surface area contributed by atoms with Gasteiger partial charge in [0, 0.05) is 19.1 Å². The van der Waals surface area contributed by atoms with Crippen LogP contribution >= 0.6 is 0 Å². The molecule has 4 aliphatic carbocycles. The highest BCUT2D eigenvalue weighted by Gasteiger charge is 2.57. The van der Waals surface area contributed by atoms with Crippen LogP contribution in [-0.2, 0) is 5.41 Å². The van der Waals surface area contributed by atoms with E-state index >= 15 is 0 Å². The Labute approximate surface area is 161 Å². The Kier molecular flexibility index (Phi) is 4.89. The lowest BCUT2D eigenvalue weighted by atomic mass is 9.46. The number of ether oxygens (including phenoxy) is 1. The largest absolute Gasteiger partial charge is 0.497 e. The summed E-state index contributed by atoms with van der Waals surface area (Å²) in [7, 11) is 1.70. The third-order valence-corrected chi connectivity index (χ3v) is 7.14. The molecule has 5 atom stereocenters. The van der Waals surface area contributed by atoms with Gasteiger partial charge in [0.25, 0.3) is 0 Å². The highest BCUT2D eigenvalue weighted by molar-refractivity contribution is 5.66. The van der Waals surface area contributed by atoms with Gasteiger partial charge in [-0.3, -0.25) is 0 Å². The van der Waals surface area contributed by atoms with E-state index in [-0.39, 0.29) is 11.5 Å². The smallest absolute Gasteiger partial charge is 0.407 e. The van der Waals surface area contributed by atoms with Gasteiger partial charge in [0.2, 0.25) is 0 Å². The number of amides is 1. The van der Waals surface area contributed by atoms with Gasteiger partial charge in [0.15, 0.2) is 0 Å². The lowest BCUT2D eigenvalue weighted by molar-refractivity contribution is -0.0704. The summed E-state index contributed by atoms with van der Waals surface area (Å²) in [4.78, 5) is 13.7. The fourth-order valence-corrected chi connectivity index (χ4v) is 6.42. The number of hydrogen-bond donors (Lipinski definition) is 2. The number of methoxy groups -OCH3 is 1. The predicted octanol–water partition coefficient (Wildman–Crippen LogP) is 3.64. The fourth-order valence-electron chi connectivity index (χ4n) is 6.42. The highest BCUT2D eigenvalue weighted by atomic mass is 16.5. The van der Waals surface area contributed by atoms with Crippen LogP contribution in [0.4, 0.5) is 4.79 Å². The first-order chi connectivity index (χ1) is 13.1. The summed E-state index contributed by atoms with van der Waals surface area (Å²) in [6, 6.07) is 8.71. The second-order valence-corrected chi connectivity index (χ2v) is 8.61. The molecule has 0 spiro atoms. The Morgan fingerprint density at radius 3 is 2.44 bits per heavy atom. The van der Waals surface area contributed by atoms with Crippen molar-refractivity contribution < 1.29 is 14.6 Å². The van der Waals surface area contributed by atoms with Crippen molar-refractivity contribution in [2.45, 2.75) is 43.6 Å². The minimum atomic E-state index is -0.798. The maximum Gasteiger partial charge on any atom is 0.407 e. The zero-order chi connectivity index (χ0) is 19.0. The Morgan fingerprint density at radius 2 is 1.89 bits per heavy atom. The molecular formula is C22H30N2O3. The molecule has 0 unspecified atom stereocenters. The molecule has 0 saturated heterocycles. The summed E-state index contributed by atoms with van der Waals surface area (Å²) in [6.45, 7) is 0.901. The van der Waals surface area contributed by atoms with Crippen molar-refractivity contribution in [3.8, 4) is 5.75 Å². The highest BCUT2D eigenvalue weighted by Crippen LogP contribution is 2.61. The Balaban J connectivity index is 1.59. The Hall–Kier alpha value is -2.01. The van der Waals surface area contributed by atoms with Crippen LogP contribution in [0.1, 0.15) is 37.7 Å². The summed E-state index contributed by atoms with van der Waals surface area (Å²) in [6.07, 6.45) is 8.74. The van der Waals surface area contributed by atoms with Crippen LogP contribution in [0.3, 0.4) is 0 Å². The average molecular weight is 370 g/mol. The van der Waals surface area contributed by atoms with Crippen LogP contribution in [0.15, 0.2) is 36.4 Å². The van der Waals surface area contributed by atoms with Crippen molar-refractivity contribution in [3.63, 3.8) is 0 Å². The number of rotatable bonds is 6. The van der Waals surface area contributed by atoms with Crippen molar-refractivity contribution in [1.82, 2.24) is 4.90 Å². The van der Waals surface area contributed by atoms with Gasteiger partial charge >= 0.3 is 6.09 Å². The molecule has 4 fully saturated rings. The molecule has 27 heavy (non-hydrogen) atoms. The van der Waals surface area contributed by atoms with E-state index in [1.807, 2.05) is 12.2 Å². The number of hydrogen-bond acceptors (Lipinski definition) is 3. The maximum absolute atomic E-state index is 12.0. The number of carbonyl (C=O) groups is 1. The Morgan fingerprint density at radius 1 is 1.22 bits per heavy atom. The minimum Gasteiger partial charge on any atom is -0.497 e. The van der Waals surface area contributed by atoms with E-state index in [0.29, 0.717) is 24.9 Å². The molecule has 4 saturated carbocycles. The second-order valence-electron chi connectivity index (χ2n) is 8.61. The second kappa shape index (κ2) is 7.19. The van der Waals surface area contributed by atoms with Crippen LogP contribution in [-0.4, -0.2) is 42.3 Å². The fraction of sp³-hybridized carbons (Fsp3) is 0.591. The summed E-state index contributed by atoms with van der Waals surface area (Å²) in [5.74, 6) is 2.54. The Bertz CT molecular complexity index is 699. The zero-order valence-electron chi connectivity index (χ0n) is 16.0. The molecular weight excluding hydrogens is 340 g/mol. The number of benzene rings is 1. The van der Waals surface area contributed by atoms with Crippen LogP contribution < -0.4 is 10.5 Å². The van der Waals surface area contributed by atoms with Gasteiger partial charge in [0.05, 0.1) is 7.11 Å². The standard InChI is InChI=1S/C22H30N2O3/c1-27-19-6-4-18(5-7-19)22-12-15-10-16(13-22)20(17(11-15)14-22)24(21(25)26)9-3-2-8-23/h2-7,15-17,20H,8-14,23H2,1H3,(H,25,26)/b3-2+/t15-,16-,17+,20-,22-. The first kappa shape index (κ1) is 18.4. The van der Waals surface area contributed by atoms with E-state index < -0.39 is 6.09 Å². The zero-order valence-corrected chi connectivity index (χ0v) is 16.0. The summed E-state index contributed by atoms with van der Waals surface area (Å²) < 4.78 is 5.32. The third-order valence-electron chi connectivity index (χ3n) is 7.14. The molecule has 3 N–H and O–H groups in total. The number of nitrogens with two attached hydrogens (primary N) is 1. The molecule has 4 aliphatic rings. The molecule has 0 aliphatic heterocycles. The summed E-state index contributed by atoms with van der Waals surface area (Å²) in [5, 5.41) is 9.84. The normalized spacial score (nSPS) is 34.1. The first-order valence-electron chi connectivity index (χ1n) is 10.1. The number of carboxylic acid groups (broad SMARTS) is 1. The van der Waals surface area contributed by atoms with Crippen molar-refractivity contribution in [1.29, 1.82) is 0 Å². The topological polar surface area (TPSA) is 75.8 Å². The molecule has 5 nitrogen and oxygen atoms in total. The monoisotopic (exact) mass is 370 g/mol. The van der Waals surface area contributed by atoms with E-state index in [2.05, 4.69) is 24.3 Å². The van der Waals surface area contributed by atoms with Crippen LogP contribution in [0.5, 0.6) is 5.75 Å². The molecule has 0 heterocycles. The van der Waals surface area contributed by atoms with Crippen molar-refractivity contribution >= 4 is 6.09 Å². The van der Waals surface area contributed by atoms with E-state index in [1.165, 1.54) is 24.8 Å². The lowest BCUT2D eigenvalue weighted by Crippen LogP contribution is -2.61. The van der Waals surface area contributed by atoms with E-state index in [1.54, 1.807) is 12.0 Å². The van der Waals surface area contributed by atoms with Crippen molar-refractivity contribution in [2.24, 2.45) is 23.5 Å². The molecule has 5 rings (SSSR count). The minimum absolute atomic E-state index is 0.146. The molecule has 4 bridgehead atoms. The maximum atomic E-state index is 12.0. The van der Waals surface area contributed by atoms with Crippen LogP contribution in [0, 0.1) is 17.8 Å². The molecule has 1 amide bonds. The third kappa shape index (κ3) is 3.22. The van der Waals surface area contributed by atoms with E-state index in [0.717, 1.165) is 24.5 Å². The van der Waals surface area contributed by atoms with Gasteiger partial charge in [0.1, 0.15) is 5.75 Å². The molecule has 5 heteroatoms. The summed E-state index contributed by atoms with van der Waals surface area (Å²) in [5.41, 5.74) is 7.15.